The van der Waals surface area contributed by atoms with Gasteiger partial charge in [0, 0.05) is 16.7 Å². The van der Waals surface area contributed by atoms with Gasteiger partial charge < -0.3 is 10.6 Å². The van der Waals surface area contributed by atoms with Crippen molar-refractivity contribution in [2.75, 3.05) is 11.9 Å². The van der Waals surface area contributed by atoms with Gasteiger partial charge in [-0.15, -0.1) is 0 Å². The molecule has 126 valence electrons. The van der Waals surface area contributed by atoms with Gasteiger partial charge in [0.2, 0.25) is 0 Å². The van der Waals surface area contributed by atoms with Crippen molar-refractivity contribution in [3.63, 3.8) is 0 Å². The summed E-state index contributed by atoms with van der Waals surface area (Å²) in [6, 6.07) is 12.2. The van der Waals surface area contributed by atoms with Gasteiger partial charge in [0.1, 0.15) is 11.7 Å². The Kier molecular flexibility index (Phi) is 5.89. The Balaban J connectivity index is 2.01. The van der Waals surface area contributed by atoms with Gasteiger partial charge >= 0.3 is 0 Å². The standard InChI is InChI=1S/C17H18ClN3O3/c1-11-5-3-8-15(21(23)24)17(11)20-16(22)10-19-12(2)13-6-4-7-14(18)9-13/h3-9,12,19H,10H2,1-2H3,(H,20,22)/p+1/t12-/m0/s1. The second kappa shape index (κ2) is 7.90. The van der Waals surface area contributed by atoms with E-state index >= 15 is 0 Å². The van der Waals surface area contributed by atoms with Crippen LogP contribution in [0.2, 0.25) is 5.02 Å². The van der Waals surface area contributed by atoms with Crippen LogP contribution in [0.3, 0.4) is 0 Å². The topological polar surface area (TPSA) is 88.9 Å². The number of rotatable bonds is 6. The number of halogens is 1. The molecule has 0 aliphatic carbocycles. The third kappa shape index (κ3) is 4.53. The van der Waals surface area contributed by atoms with E-state index in [4.69, 9.17) is 11.6 Å². The zero-order chi connectivity index (χ0) is 17.7. The molecule has 0 bridgehead atoms. The molecule has 6 nitrogen and oxygen atoms in total. The Morgan fingerprint density at radius 2 is 2.04 bits per heavy atom. The van der Waals surface area contributed by atoms with Gasteiger partial charge in [-0.25, -0.2) is 0 Å². The Morgan fingerprint density at radius 1 is 1.33 bits per heavy atom. The predicted molar refractivity (Wildman–Crippen MR) is 93.1 cm³/mol. The van der Waals surface area contributed by atoms with Gasteiger partial charge in [0.15, 0.2) is 6.54 Å². The number of anilines is 1. The number of benzene rings is 2. The molecular weight excluding hydrogens is 330 g/mol. The van der Waals surface area contributed by atoms with E-state index in [0.29, 0.717) is 10.6 Å². The smallest absolute Gasteiger partial charge is 0.293 e. The highest BCUT2D eigenvalue weighted by molar-refractivity contribution is 6.30. The molecule has 0 aromatic heterocycles. The van der Waals surface area contributed by atoms with E-state index in [0.717, 1.165) is 5.56 Å². The number of nitro groups is 1. The molecule has 0 radical (unpaired) electrons. The number of hydrogen-bond acceptors (Lipinski definition) is 3. The highest BCUT2D eigenvalue weighted by Gasteiger charge is 2.19. The minimum Gasteiger partial charge on any atom is -0.333 e. The third-order valence-electron chi connectivity index (χ3n) is 3.74. The quantitative estimate of drug-likeness (QED) is 0.621. The molecule has 0 saturated carbocycles. The summed E-state index contributed by atoms with van der Waals surface area (Å²) in [5, 5.41) is 16.2. The van der Waals surface area contributed by atoms with Crippen molar-refractivity contribution in [3.05, 3.63) is 68.7 Å². The average Bonchev–Trinajstić information content (AvgIpc) is 2.54. The zero-order valence-electron chi connectivity index (χ0n) is 13.5. The van der Waals surface area contributed by atoms with E-state index in [1.54, 1.807) is 25.1 Å². The third-order valence-corrected chi connectivity index (χ3v) is 3.98. The van der Waals surface area contributed by atoms with Crippen molar-refractivity contribution in [1.29, 1.82) is 0 Å². The largest absolute Gasteiger partial charge is 0.333 e. The molecule has 0 fully saturated rings. The molecular formula is C17H19ClN3O3+. The van der Waals surface area contributed by atoms with Crippen molar-refractivity contribution in [2.45, 2.75) is 19.9 Å². The number of amides is 1. The van der Waals surface area contributed by atoms with Gasteiger partial charge in [0.25, 0.3) is 11.6 Å². The molecule has 0 spiro atoms. The molecule has 3 N–H and O–H groups in total. The monoisotopic (exact) mass is 348 g/mol. The average molecular weight is 349 g/mol. The number of hydrogen-bond donors (Lipinski definition) is 2. The minimum atomic E-state index is -0.499. The van der Waals surface area contributed by atoms with E-state index in [1.807, 2.05) is 30.4 Å². The van der Waals surface area contributed by atoms with Crippen LogP contribution in [-0.2, 0) is 4.79 Å². The van der Waals surface area contributed by atoms with Gasteiger partial charge in [-0.2, -0.15) is 0 Å². The van der Waals surface area contributed by atoms with E-state index < -0.39 is 4.92 Å². The maximum absolute atomic E-state index is 12.2. The molecule has 2 aromatic carbocycles. The molecule has 2 rings (SSSR count). The summed E-state index contributed by atoms with van der Waals surface area (Å²) in [6.45, 7) is 3.84. The van der Waals surface area contributed by atoms with Gasteiger partial charge in [0.05, 0.1) is 4.92 Å². The first-order valence-corrected chi connectivity index (χ1v) is 7.89. The summed E-state index contributed by atoms with van der Waals surface area (Å²) in [7, 11) is 0. The van der Waals surface area contributed by atoms with Crippen LogP contribution in [0, 0.1) is 17.0 Å². The lowest BCUT2D eigenvalue weighted by molar-refractivity contribution is -0.682. The number of aryl methyl sites for hydroxylation is 1. The predicted octanol–water partition coefficient (Wildman–Crippen LogP) is 2.82. The van der Waals surface area contributed by atoms with Crippen LogP contribution < -0.4 is 10.6 Å². The molecule has 0 aliphatic heterocycles. The Labute approximate surface area is 145 Å². The van der Waals surface area contributed by atoms with Crippen LogP contribution in [0.25, 0.3) is 0 Å². The lowest BCUT2D eigenvalue weighted by atomic mass is 10.1. The lowest BCUT2D eigenvalue weighted by Gasteiger charge is -2.12. The van der Waals surface area contributed by atoms with Gasteiger partial charge in [-0.05, 0) is 31.5 Å². The second-order valence-electron chi connectivity index (χ2n) is 5.56. The minimum absolute atomic E-state index is 0.0429. The van der Waals surface area contributed by atoms with Crippen LogP contribution in [0.1, 0.15) is 24.1 Å². The van der Waals surface area contributed by atoms with E-state index in [9.17, 15) is 14.9 Å². The maximum Gasteiger partial charge on any atom is 0.293 e. The SMILES string of the molecule is Cc1cccc([N+](=O)[O-])c1NC(=O)C[NH2+][C@@H](C)c1cccc(Cl)c1. The molecule has 7 heteroatoms. The van der Waals surface area contributed by atoms with Crippen molar-refractivity contribution < 1.29 is 15.0 Å². The molecule has 0 heterocycles. The summed E-state index contributed by atoms with van der Waals surface area (Å²) in [5.74, 6) is -0.290. The van der Waals surface area contributed by atoms with Gasteiger partial charge in [-0.1, -0.05) is 35.9 Å². The first-order chi connectivity index (χ1) is 11.4. The van der Waals surface area contributed by atoms with Gasteiger partial charge in [-0.3, -0.25) is 14.9 Å². The number of carbonyl (C=O) groups excluding carboxylic acids is 1. The molecule has 24 heavy (non-hydrogen) atoms. The summed E-state index contributed by atoms with van der Waals surface area (Å²) in [4.78, 5) is 22.7. The van der Waals surface area contributed by atoms with Crippen LogP contribution in [-0.4, -0.2) is 17.4 Å². The normalized spacial score (nSPS) is 11.8. The van der Waals surface area contributed by atoms with Crippen molar-refractivity contribution >= 4 is 28.9 Å². The fourth-order valence-corrected chi connectivity index (χ4v) is 2.57. The number of nitrogens with zero attached hydrogens (tertiary/aromatic N) is 1. The Bertz CT molecular complexity index is 764. The molecule has 0 saturated heterocycles. The van der Waals surface area contributed by atoms with Crippen molar-refractivity contribution in [2.24, 2.45) is 0 Å². The van der Waals surface area contributed by atoms with Crippen LogP contribution in [0.4, 0.5) is 11.4 Å². The van der Waals surface area contributed by atoms with Crippen LogP contribution >= 0.6 is 11.6 Å². The fraction of sp³-hybridized carbons (Fsp3) is 0.235. The van der Waals surface area contributed by atoms with E-state index in [2.05, 4.69) is 5.32 Å². The molecule has 0 unspecified atom stereocenters. The van der Waals surface area contributed by atoms with Crippen molar-refractivity contribution in [3.8, 4) is 0 Å². The Morgan fingerprint density at radius 3 is 2.71 bits per heavy atom. The maximum atomic E-state index is 12.2. The Hall–Kier alpha value is -2.44. The van der Waals surface area contributed by atoms with Crippen LogP contribution in [0.5, 0.6) is 0 Å². The highest BCUT2D eigenvalue weighted by atomic mass is 35.5. The summed E-state index contributed by atoms with van der Waals surface area (Å²) in [5.41, 5.74) is 1.81. The summed E-state index contributed by atoms with van der Waals surface area (Å²) in [6.07, 6.45) is 0. The number of nitro benzene ring substituents is 1. The number of quaternary nitrogens is 1. The number of nitrogens with two attached hydrogens (primary N) is 1. The number of para-hydroxylation sites is 1. The molecule has 1 atom stereocenters. The zero-order valence-corrected chi connectivity index (χ0v) is 14.2. The molecule has 0 aliphatic rings. The fourth-order valence-electron chi connectivity index (χ4n) is 2.37. The molecule has 2 aromatic rings. The summed E-state index contributed by atoms with van der Waals surface area (Å²) >= 11 is 5.97. The first kappa shape index (κ1) is 17.9. The van der Waals surface area contributed by atoms with E-state index in [-0.39, 0.29) is 29.9 Å². The van der Waals surface area contributed by atoms with Crippen molar-refractivity contribution in [1.82, 2.24) is 0 Å². The number of nitrogens with one attached hydrogen (secondary N) is 1. The van der Waals surface area contributed by atoms with E-state index in [1.165, 1.54) is 6.07 Å². The van der Waals surface area contributed by atoms with Crippen LogP contribution in [0.15, 0.2) is 42.5 Å². The highest BCUT2D eigenvalue weighted by Crippen LogP contribution is 2.27. The number of carbonyl (C=O) groups is 1. The summed E-state index contributed by atoms with van der Waals surface area (Å²) < 4.78 is 0. The second-order valence-corrected chi connectivity index (χ2v) is 5.99. The molecule has 1 amide bonds. The first-order valence-electron chi connectivity index (χ1n) is 7.51. The lowest BCUT2D eigenvalue weighted by Crippen LogP contribution is -2.86.